The minimum absolute atomic E-state index is 0.622. The Hall–Kier alpha value is -1.30. The van der Waals surface area contributed by atoms with Crippen LogP contribution in [0.25, 0.3) is 0 Å². The lowest BCUT2D eigenvalue weighted by atomic mass is 10.2. The van der Waals surface area contributed by atoms with E-state index >= 15 is 0 Å². The number of hydrogen-bond donors (Lipinski definition) is 0. The highest BCUT2D eigenvalue weighted by molar-refractivity contribution is 4.98. The summed E-state index contributed by atoms with van der Waals surface area (Å²) >= 11 is 0. The minimum atomic E-state index is 0.622. The van der Waals surface area contributed by atoms with E-state index in [2.05, 4.69) is 11.2 Å². The summed E-state index contributed by atoms with van der Waals surface area (Å²) in [5, 5.41) is 12.5. The Bertz CT molecular complexity index is 257. The van der Waals surface area contributed by atoms with Gasteiger partial charge in [-0.25, -0.2) is 0 Å². The first-order valence-corrected chi connectivity index (χ1v) is 3.68. The molecule has 0 bridgehead atoms. The van der Waals surface area contributed by atoms with Crippen LogP contribution in [0.2, 0.25) is 0 Å². The van der Waals surface area contributed by atoms with Crippen LogP contribution in [0, 0.1) is 11.3 Å². The first-order valence-electron chi connectivity index (χ1n) is 3.68. The smallest absolute Gasteiger partial charge is 0.0624 e. The zero-order valence-corrected chi connectivity index (χ0v) is 6.62. The number of hydrogen-bond acceptors (Lipinski definition) is 2. The van der Waals surface area contributed by atoms with Gasteiger partial charge in [0.05, 0.1) is 11.8 Å². The Kier molecular flexibility index (Phi) is 2.67. The first kappa shape index (κ1) is 7.80. The van der Waals surface area contributed by atoms with Gasteiger partial charge in [-0.3, -0.25) is 4.68 Å². The predicted octanol–water partition coefficient (Wildman–Crippen LogP) is 1.27. The van der Waals surface area contributed by atoms with Crippen molar-refractivity contribution in [3.05, 3.63) is 18.0 Å². The lowest BCUT2D eigenvalue weighted by Gasteiger charge is -1.90. The quantitative estimate of drug-likeness (QED) is 0.607. The highest BCUT2D eigenvalue weighted by Crippen LogP contribution is 2.00. The fourth-order valence-corrected chi connectivity index (χ4v) is 0.945. The van der Waals surface area contributed by atoms with E-state index in [0.29, 0.717) is 6.42 Å². The number of nitrogens with zero attached hydrogens (tertiary/aromatic N) is 3. The second kappa shape index (κ2) is 3.77. The summed E-state index contributed by atoms with van der Waals surface area (Å²) in [5.74, 6) is 0. The molecule has 0 fully saturated rings. The maximum absolute atomic E-state index is 8.27. The molecule has 1 aromatic rings. The fourth-order valence-electron chi connectivity index (χ4n) is 0.945. The molecule has 1 heterocycles. The zero-order valence-electron chi connectivity index (χ0n) is 6.62. The Morgan fingerprint density at radius 1 is 1.73 bits per heavy atom. The molecule has 0 aromatic carbocycles. The average Bonchev–Trinajstić information content (AvgIpc) is 2.37. The number of aryl methyl sites for hydroxylation is 2. The third-order valence-corrected chi connectivity index (χ3v) is 1.49. The third-order valence-electron chi connectivity index (χ3n) is 1.49. The highest BCUT2D eigenvalue weighted by atomic mass is 15.2. The maximum atomic E-state index is 8.27. The van der Waals surface area contributed by atoms with E-state index in [0.717, 1.165) is 18.5 Å². The van der Waals surface area contributed by atoms with Gasteiger partial charge in [-0.2, -0.15) is 10.4 Å². The van der Waals surface area contributed by atoms with E-state index in [9.17, 15) is 0 Å². The molecule has 0 saturated heterocycles. The van der Waals surface area contributed by atoms with Crippen molar-refractivity contribution in [1.82, 2.24) is 9.78 Å². The lowest BCUT2D eigenvalue weighted by molar-refractivity contribution is 0.725. The summed E-state index contributed by atoms with van der Waals surface area (Å²) in [5.41, 5.74) is 1.07. The Morgan fingerprint density at radius 3 is 3.09 bits per heavy atom. The Balaban J connectivity index is 2.34. The summed E-state index contributed by atoms with van der Waals surface area (Å²) < 4.78 is 1.78. The van der Waals surface area contributed by atoms with Gasteiger partial charge in [-0.15, -0.1) is 0 Å². The van der Waals surface area contributed by atoms with Crippen molar-refractivity contribution >= 4 is 0 Å². The molecule has 0 atom stereocenters. The normalized spacial score (nSPS) is 9.45. The predicted molar refractivity (Wildman–Crippen MR) is 41.8 cm³/mol. The van der Waals surface area contributed by atoms with Crippen molar-refractivity contribution < 1.29 is 0 Å². The summed E-state index contributed by atoms with van der Waals surface area (Å²) in [6, 6.07) is 4.09. The SMILES string of the molecule is Cn1ccc(CCCC#N)n1. The van der Waals surface area contributed by atoms with Crippen molar-refractivity contribution in [3.63, 3.8) is 0 Å². The fraction of sp³-hybridized carbons (Fsp3) is 0.500. The minimum Gasteiger partial charge on any atom is -0.276 e. The topological polar surface area (TPSA) is 41.6 Å². The van der Waals surface area contributed by atoms with Crippen LogP contribution < -0.4 is 0 Å². The molecule has 0 N–H and O–H groups in total. The molecule has 3 nitrogen and oxygen atoms in total. The van der Waals surface area contributed by atoms with Gasteiger partial charge in [0, 0.05) is 19.7 Å². The van der Waals surface area contributed by atoms with E-state index in [1.807, 2.05) is 19.3 Å². The van der Waals surface area contributed by atoms with Crippen molar-refractivity contribution in [1.29, 1.82) is 5.26 Å². The third kappa shape index (κ3) is 2.42. The molecule has 0 aliphatic carbocycles. The van der Waals surface area contributed by atoms with Crippen LogP contribution in [-0.2, 0) is 13.5 Å². The van der Waals surface area contributed by atoms with Crippen molar-refractivity contribution in [2.24, 2.45) is 7.05 Å². The van der Waals surface area contributed by atoms with Crippen LogP contribution in [-0.4, -0.2) is 9.78 Å². The molecule has 0 aliphatic rings. The van der Waals surface area contributed by atoms with Crippen LogP contribution >= 0.6 is 0 Å². The largest absolute Gasteiger partial charge is 0.276 e. The number of aromatic nitrogens is 2. The molecule has 11 heavy (non-hydrogen) atoms. The van der Waals surface area contributed by atoms with Crippen LogP contribution in [0.1, 0.15) is 18.5 Å². The average molecular weight is 149 g/mol. The second-order valence-corrected chi connectivity index (χ2v) is 2.49. The van der Waals surface area contributed by atoms with Gasteiger partial charge >= 0.3 is 0 Å². The van der Waals surface area contributed by atoms with Crippen LogP contribution in [0.15, 0.2) is 12.3 Å². The number of unbranched alkanes of at least 4 members (excludes halogenated alkanes) is 1. The van der Waals surface area contributed by atoms with Gasteiger partial charge in [0.15, 0.2) is 0 Å². The summed E-state index contributed by atoms with van der Waals surface area (Å²) in [7, 11) is 1.90. The van der Waals surface area contributed by atoms with E-state index in [1.54, 1.807) is 4.68 Å². The summed E-state index contributed by atoms with van der Waals surface area (Å²) in [6.45, 7) is 0. The molecule has 0 spiro atoms. The maximum Gasteiger partial charge on any atom is 0.0624 e. The number of rotatable bonds is 3. The van der Waals surface area contributed by atoms with E-state index in [-0.39, 0.29) is 0 Å². The molecule has 0 saturated carbocycles. The molecular weight excluding hydrogens is 138 g/mol. The van der Waals surface area contributed by atoms with Crippen molar-refractivity contribution in [2.45, 2.75) is 19.3 Å². The van der Waals surface area contributed by atoms with Crippen LogP contribution in [0.4, 0.5) is 0 Å². The number of nitriles is 1. The second-order valence-electron chi connectivity index (χ2n) is 2.49. The molecule has 0 aliphatic heterocycles. The molecule has 0 unspecified atom stereocenters. The molecule has 58 valence electrons. The van der Waals surface area contributed by atoms with Crippen molar-refractivity contribution in [3.8, 4) is 6.07 Å². The highest BCUT2D eigenvalue weighted by Gasteiger charge is 1.94. The monoisotopic (exact) mass is 149 g/mol. The molecule has 1 aromatic heterocycles. The van der Waals surface area contributed by atoms with Gasteiger partial charge in [0.1, 0.15) is 0 Å². The molecular formula is C8H11N3. The molecule has 1 rings (SSSR count). The van der Waals surface area contributed by atoms with Gasteiger partial charge in [0.2, 0.25) is 0 Å². The Morgan fingerprint density at radius 2 is 2.55 bits per heavy atom. The van der Waals surface area contributed by atoms with Gasteiger partial charge in [0.25, 0.3) is 0 Å². The van der Waals surface area contributed by atoms with Crippen molar-refractivity contribution in [2.75, 3.05) is 0 Å². The Labute approximate surface area is 66.3 Å². The van der Waals surface area contributed by atoms with Gasteiger partial charge in [-0.1, -0.05) is 0 Å². The van der Waals surface area contributed by atoms with Gasteiger partial charge < -0.3 is 0 Å². The van der Waals surface area contributed by atoms with E-state index in [1.165, 1.54) is 0 Å². The molecule has 0 radical (unpaired) electrons. The van der Waals surface area contributed by atoms with Crippen LogP contribution in [0.3, 0.4) is 0 Å². The van der Waals surface area contributed by atoms with Gasteiger partial charge in [-0.05, 0) is 18.9 Å². The van der Waals surface area contributed by atoms with Crippen LogP contribution in [0.5, 0.6) is 0 Å². The molecule has 0 amide bonds. The molecule has 3 heteroatoms. The van der Waals surface area contributed by atoms with E-state index in [4.69, 9.17) is 5.26 Å². The summed E-state index contributed by atoms with van der Waals surface area (Å²) in [6.07, 6.45) is 4.36. The standard InChI is InChI=1S/C8H11N3/c1-11-7-5-8(10-11)4-2-3-6-9/h5,7H,2-4H2,1H3. The lowest BCUT2D eigenvalue weighted by Crippen LogP contribution is -1.90. The summed E-state index contributed by atoms with van der Waals surface area (Å²) in [4.78, 5) is 0. The van der Waals surface area contributed by atoms with E-state index < -0.39 is 0 Å². The first-order chi connectivity index (χ1) is 5.33. The zero-order chi connectivity index (χ0) is 8.10.